The Kier molecular flexibility index (Phi) is 4.87. The van der Waals surface area contributed by atoms with Gasteiger partial charge in [0.15, 0.2) is 0 Å². The van der Waals surface area contributed by atoms with Gasteiger partial charge in [-0.2, -0.15) is 0 Å². The maximum atomic E-state index is 3.62. The van der Waals surface area contributed by atoms with E-state index in [0.717, 1.165) is 13.0 Å². The zero-order valence-corrected chi connectivity index (χ0v) is 10.8. The van der Waals surface area contributed by atoms with Gasteiger partial charge in [-0.1, -0.05) is 31.9 Å². The Morgan fingerprint density at radius 3 is 3.12 bits per heavy atom. The lowest BCUT2D eigenvalue weighted by Crippen LogP contribution is -2.34. The molecule has 17 heavy (non-hydrogen) atoms. The van der Waals surface area contributed by atoms with Crippen molar-refractivity contribution in [3.63, 3.8) is 0 Å². The molecule has 1 aromatic rings. The van der Waals surface area contributed by atoms with Crippen LogP contribution >= 0.6 is 0 Å². The largest absolute Gasteiger partial charge is 0.383 e. The van der Waals surface area contributed by atoms with E-state index in [1.165, 1.54) is 43.5 Å². The first-order chi connectivity index (χ1) is 8.38. The Bertz CT molecular complexity index is 327. The third kappa shape index (κ3) is 4.04. The van der Waals surface area contributed by atoms with Crippen LogP contribution < -0.4 is 10.6 Å². The maximum absolute atomic E-state index is 3.62. The Hall–Kier alpha value is -1.02. The highest BCUT2D eigenvalue weighted by molar-refractivity contribution is 5.45. The molecule has 0 amide bonds. The number of nitrogens with one attached hydrogen (secondary N) is 2. The van der Waals surface area contributed by atoms with Crippen molar-refractivity contribution >= 4 is 5.69 Å². The minimum Gasteiger partial charge on any atom is -0.383 e. The predicted molar refractivity (Wildman–Crippen MR) is 74.6 cm³/mol. The van der Waals surface area contributed by atoms with Gasteiger partial charge in [0.05, 0.1) is 0 Å². The molecule has 0 radical (unpaired) electrons. The zero-order chi connectivity index (χ0) is 11.9. The SMILES string of the molecule is CCc1cccc(NCC2CCCCCN2)c1. The summed E-state index contributed by atoms with van der Waals surface area (Å²) in [5.74, 6) is 0. The van der Waals surface area contributed by atoms with Crippen LogP contribution in [0.5, 0.6) is 0 Å². The Morgan fingerprint density at radius 1 is 1.29 bits per heavy atom. The van der Waals surface area contributed by atoms with Gasteiger partial charge in [0.25, 0.3) is 0 Å². The Labute approximate surface area is 105 Å². The molecule has 1 unspecified atom stereocenters. The quantitative estimate of drug-likeness (QED) is 0.833. The molecule has 2 nitrogen and oxygen atoms in total. The summed E-state index contributed by atoms with van der Waals surface area (Å²) in [4.78, 5) is 0. The van der Waals surface area contributed by atoms with Gasteiger partial charge in [0.1, 0.15) is 0 Å². The minimum absolute atomic E-state index is 0.641. The molecule has 94 valence electrons. The van der Waals surface area contributed by atoms with Crippen LogP contribution in [-0.4, -0.2) is 19.1 Å². The molecule has 0 spiro atoms. The van der Waals surface area contributed by atoms with E-state index in [4.69, 9.17) is 0 Å². The fourth-order valence-electron chi connectivity index (χ4n) is 2.42. The summed E-state index contributed by atoms with van der Waals surface area (Å²) in [5.41, 5.74) is 2.67. The second-order valence-corrected chi connectivity index (χ2v) is 4.94. The minimum atomic E-state index is 0.641. The molecule has 1 fully saturated rings. The van der Waals surface area contributed by atoms with Crippen LogP contribution in [0.4, 0.5) is 5.69 Å². The lowest BCUT2D eigenvalue weighted by molar-refractivity contribution is 0.530. The van der Waals surface area contributed by atoms with E-state index in [0.29, 0.717) is 6.04 Å². The van der Waals surface area contributed by atoms with Crippen LogP contribution in [0.25, 0.3) is 0 Å². The van der Waals surface area contributed by atoms with Crippen molar-refractivity contribution in [3.05, 3.63) is 29.8 Å². The first-order valence-corrected chi connectivity index (χ1v) is 6.94. The molecule has 2 N–H and O–H groups in total. The Balaban J connectivity index is 1.83. The summed E-state index contributed by atoms with van der Waals surface area (Å²) in [6.45, 7) is 4.43. The van der Waals surface area contributed by atoms with E-state index in [9.17, 15) is 0 Å². The molecule has 0 aromatic heterocycles. The van der Waals surface area contributed by atoms with Crippen molar-refractivity contribution in [2.24, 2.45) is 0 Å². The smallest absolute Gasteiger partial charge is 0.0343 e. The average molecular weight is 232 g/mol. The lowest BCUT2D eigenvalue weighted by atomic mass is 10.1. The van der Waals surface area contributed by atoms with E-state index in [1.54, 1.807) is 0 Å². The topological polar surface area (TPSA) is 24.1 Å². The van der Waals surface area contributed by atoms with E-state index >= 15 is 0 Å². The molecule has 2 rings (SSSR count). The van der Waals surface area contributed by atoms with E-state index in [1.807, 2.05) is 0 Å². The van der Waals surface area contributed by atoms with Gasteiger partial charge < -0.3 is 10.6 Å². The maximum Gasteiger partial charge on any atom is 0.0343 e. The number of rotatable bonds is 4. The molecule has 1 saturated heterocycles. The summed E-state index contributed by atoms with van der Waals surface area (Å²) >= 11 is 0. The van der Waals surface area contributed by atoms with Crippen molar-refractivity contribution in [1.29, 1.82) is 0 Å². The van der Waals surface area contributed by atoms with Crippen LogP contribution in [0.1, 0.15) is 38.2 Å². The summed E-state index contributed by atoms with van der Waals surface area (Å²) < 4.78 is 0. The van der Waals surface area contributed by atoms with Gasteiger partial charge in [-0.3, -0.25) is 0 Å². The normalized spacial score (nSPS) is 20.9. The first-order valence-electron chi connectivity index (χ1n) is 6.94. The fourth-order valence-corrected chi connectivity index (χ4v) is 2.42. The summed E-state index contributed by atoms with van der Waals surface area (Å²) in [7, 11) is 0. The fraction of sp³-hybridized carbons (Fsp3) is 0.600. The zero-order valence-electron chi connectivity index (χ0n) is 10.8. The van der Waals surface area contributed by atoms with Gasteiger partial charge in [0.2, 0.25) is 0 Å². The second-order valence-electron chi connectivity index (χ2n) is 4.94. The third-order valence-corrected chi connectivity index (χ3v) is 3.55. The van der Waals surface area contributed by atoms with E-state index in [2.05, 4.69) is 41.8 Å². The van der Waals surface area contributed by atoms with Crippen molar-refractivity contribution in [2.45, 2.75) is 45.1 Å². The van der Waals surface area contributed by atoms with E-state index in [-0.39, 0.29) is 0 Å². The summed E-state index contributed by atoms with van der Waals surface area (Å²) in [6.07, 6.45) is 6.50. The van der Waals surface area contributed by atoms with Crippen molar-refractivity contribution in [1.82, 2.24) is 5.32 Å². The highest BCUT2D eigenvalue weighted by atomic mass is 15.0. The van der Waals surface area contributed by atoms with Crippen LogP contribution in [0.2, 0.25) is 0 Å². The first kappa shape index (κ1) is 12.4. The second kappa shape index (κ2) is 6.65. The summed E-state index contributed by atoms with van der Waals surface area (Å²) in [5, 5.41) is 7.17. The highest BCUT2D eigenvalue weighted by Crippen LogP contribution is 2.13. The number of hydrogen-bond donors (Lipinski definition) is 2. The van der Waals surface area contributed by atoms with Crippen LogP contribution in [0.3, 0.4) is 0 Å². The molecule has 1 aromatic carbocycles. The lowest BCUT2D eigenvalue weighted by Gasteiger charge is -2.17. The molecule has 1 atom stereocenters. The average Bonchev–Trinajstić information content (AvgIpc) is 2.65. The molecule has 1 aliphatic heterocycles. The van der Waals surface area contributed by atoms with Gasteiger partial charge in [0, 0.05) is 18.3 Å². The van der Waals surface area contributed by atoms with Crippen LogP contribution in [0.15, 0.2) is 24.3 Å². The monoisotopic (exact) mass is 232 g/mol. The van der Waals surface area contributed by atoms with Crippen molar-refractivity contribution in [2.75, 3.05) is 18.4 Å². The molecule has 1 heterocycles. The molecule has 0 saturated carbocycles. The van der Waals surface area contributed by atoms with E-state index < -0.39 is 0 Å². The van der Waals surface area contributed by atoms with Gasteiger partial charge in [-0.05, 0) is 43.5 Å². The number of aryl methyl sites for hydroxylation is 1. The van der Waals surface area contributed by atoms with Gasteiger partial charge >= 0.3 is 0 Å². The molecule has 0 bridgehead atoms. The summed E-state index contributed by atoms with van der Waals surface area (Å²) in [6, 6.07) is 9.39. The number of hydrogen-bond acceptors (Lipinski definition) is 2. The van der Waals surface area contributed by atoms with Gasteiger partial charge in [-0.25, -0.2) is 0 Å². The Morgan fingerprint density at radius 2 is 2.24 bits per heavy atom. The molecule has 0 aliphatic carbocycles. The predicted octanol–water partition coefficient (Wildman–Crippen LogP) is 3.19. The van der Waals surface area contributed by atoms with Crippen molar-refractivity contribution < 1.29 is 0 Å². The van der Waals surface area contributed by atoms with Crippen molar-refractivity contribution in [3.8, 4) is 0 Å². The molecular formula is C15H24N2. The number of benzene rings is 1. The third-order valence-electron chi connectivity index (χ3n) is 3.55. The highest BCUT2D eigenvalue weighted by Gasteiger charge is 2.10. The van der Waals surface area contributed by atoms with Crippen LogP contribution in [-0.2, 0) is 6.42 Å². The standard InChI is InChI=1S/C15H24N2/c1-2-13-7-6-9-14(11-13)17-12-15-8-4-3-5-10-16-15/h6-7,9,11,15-17H,2-5,8,10,12H2,1H3. The number of anilines is 1. The van der Waals surface area contributed by atoms with Crippen LogP contribution in [0, 0.1) is 0 Å². The van der Waals surface area contributed by atoms with Gasteiger partial charge in [-0.15, -0.1) is 0 Å². The molecule has 1 aliphatic rings. The molecular weight excluding hydrogens is 208 g/mol. The molecule has 2 heteroatoms.